The number of carbonyl (C=O) groups is 1. The van der Waals surface area contributed by atoms with E-state index in [0.29, 0.717) is 32.4 Å². The normalized spacial score (nSPS) is 16.5. The molecule has 130 valence electrons. The first-order valence-electron chi connectivity index (χ1n) is 7.63. The molecule has 9 heteroatoms. The van der Waals surface area contributed by atoms with Gasteiger partial charge in [-0.15, -0.1) is 11.3 Å². The Morgan fingerprint density at radius 1 is 1.38 bits per heavy atom. The SMILES string of the molecule is CS(=O)(=O)NC1CCN(C(=O)Cc2csc(-c3ccsc3)n2)CC1. The summed E-state index contributed by atoms with van der Waals surface area (Å²) in [7, 11) is -3.19. The van der Waals surface area contributed by atoms with Crippen molar-refractivity contribution in [3.05, 3.63) is 27.9 Å². The lowest BCUT2D eigenvalue weighted by atomic mass is 10.1. The highest BCUT2D eigenvalue weighted by molar-refractivity contribution is 7.88. The zero-order chi connectivity index (χ0) is 17.2. The smallest absolute Gasteiger partial charge is 0.228 e. The van der Waals surface area contributed by atoms with Gasteiger partial charge in [-0.05, 0) is 24.3 Å². The maximum atomic E-state index is 12.4. The van der Waals surface area contributed by atoms with Crippen LogP contribution in [0.15, 0.2) is 22.2 Å². The number of aromatic nitrogens is 1. The maximum absolute atomic E-state index is 12.4. The van der Waals surface area contributed by atoms with Crippen LogP contribution in [0.2, 0.25) is 0 Å². The summed E-state index contributed by atoms with van der Waals surface area (Å²) in [5, 5.41) is 6.93. The van der Waals surface area contributed by atoms with E-state index in [-0.39, 0.29) is 11.9 Å². The molecule has 0 aliphatic carbocycles. The lowest BCUT2D eigenvalue weighted by molar-refractivity contribution is -0.131. The summed E-state index contributed by atoms with van der Waals surface area (Å²) in [6.07, 6.45) is 2.76. The van der Waals surface area contributed by atoms with Gasteiger partial charge in [-0.2, -0.15) is 11.3 Å². The molecule has 0 aromatic carbocycles. The Kier molecular flexibility index (Phi) is 5.33. The number of nitrogens with zero attached hydrogens (tertiary/aromatic N) is 2. The van der Waals surface area contributed by atoms with Crippen LogP contribution in [-0.4, -0.2) is 49.6 Å². The van der Waals surface area contributed by atoms with E-state index < -0.39 is 10.0 Å². The molecular weight excluding hydrogens is 366 g/mol. The fourth-order valence-corrected chi connectivity index (χ4v) is 5.10. The molecule has 1 amide bonds. The van der Waals surface area contributed by atoms with Crippen molar-refractivity contribution < 1.29 is 13.2 Å². The van der Waals surface area contributed by atoms with Crippen LogP contribution in [0, 0.1) is 0 Å². The first-order chi connectivity index (χ1) is 11.4. The minimum absolute atomic E-state index is 0.0509. The number of hydrogen-bond acceptors (Lipinski definition) is 6. The summed E-state index contributed by atoms with van der Waals surface area (Å²) in [6, 6.07) is 1.95. The van der Waals surface area contributed by atoms with E-state index in [1.807, 2.05) is 22.2 Å². The van der Waals surface area contributed by atoms with Gasteiger partial charge in [-0.25, -0.2) is 18.1 Å². The molecule has 1 fully saturated rings. The molecule has 2 aromatic heterocycles. The van der Waals surface area contributed by atoms with Crippen molar-refractivity contribution in [3.63, 3.8) is 0 Å². The van der Waals surface area contributed by atoms with Crippen LogP contribution in [-0.2, 0) is 21.2 Å². The molecule has 0 spiro atoms. The van der Waals surface area contributed by atoms with Crippen molar-refractivity contribution in [1.82, 2.24) is 14.6 Å². The van der Waals surface area contributed by atoms with Crippen LogP contribution in [0.3, 0.4) is 0 Å². The van der Waals surface area contributed by atoms with E-state index in [9.17, 15) is 13.2 Å². The Morgan fingerprint density at radius 2 is 2.12 bits per heavy atom. The van der Waals surface area contributed by atoms with Crippen LogP contribution < -0.4 is 4.72 Å². The van der Waals surface area contributed by atoms with Crippen LogP contribution in [0.4, 0.5) is 0 Å². The van der Waals surface area contributed by atoms with E-state index in [0.717, 1.165) is 22.5 Å². The van der Waals surface area contributed by atoms with Crippen molar-refractivity contribution in [2.45, 2.75) is 25.3 Å². The summed E-state index contributed by atoms with van der Waals surface area (Å²) < 4.78 is 25.1. The van der Waals surface area contributed by atoms with Gasteiger partial charge >= 0.3 is 0 Å². The van der Waals surface area contributed by atoms with Gasteiger partial charge in [-0.1, -0.05) is 0 Å². The van der Waals surface area contributed by atoms with E-state index >= 15 is 0 Å². The fraction of sp³-hybridized carbons (Fsp3) is 0.467. The summed E-state index contributed by atoms with van der Waals surface area (Å²) in [4.78, 5) is 18.7. The zero-order valence-corrected chi connectivity index (χ0v) is 15.7. The second-order valence-corrected chi connectivity index (χ2v) is 9.30. The van der Waals surface area contributed by atoms with Crippen LogP contribution in [0.5, 0.6) is 0 Å². The van der Waals surface area contributed by atoms with Crippen molar-refractivity contribution in [3.8, 4) is 10.6 Å². The molecule has 1 N–H and O–H groups in total. The molecule has 24 heavy (non-hydrogen) atoms. The number of thiophene rings is 1. The van der Waals surface area contributed by atoms with E-state index in [2.05, 4.69) is 9.71 Å². The van der Waals surface area contributed by atoms with Crippen LogP contribution >= 0.6 is 22.7 Å². The number of nitrogens with one attached hydrogen (secondary N) is 1. The Labute approximate surface area is 149 Å². The van der Waals surface area contributed by atoms with Gasteiger partial charge in [-0.3, -0.25) is 4.79 Å². The van der Waals surface area contributed by atoms with Crippen molar-refractivity contribution in [2.75, 3.05) is 19.3 Å². The van der Waals surface area contributed by atoms with E-state index in [4.69, 9.17) is 0 Å². The summed E-state index contributed by atoms with van der Waals surface area (Å²) >= 11 is 3.18. The molecule has 2 aromatic rings. The first kappa shape index (κ1) is 17.5. The number of amides is 1. The first-order valence-corrected chi connectivity index (χ1v) is 11.3. The number of sulfonamides is 1. The number of thiazole rings is 1. The molecule has 0 unspecified atom stereocenters. The van der Waals surface area contributed by atoms with Gasteiger partial charge in [0.25, 0.3) is 0 Å². The highest BCUT2D eigenvalue weighted by Crippen LogP contribution is 2.26. The van der Waals surface area contributed by atoms with Gasteiger partial charge in [0, 0.05) is 35.5 Å². The third-order valence-corrected chi connectivity index (χ3v) is 6.27. The molecule has 0 saturated carbocycles. The van der Waals surface area contributed by atoms with Crippen LogP contribution in [0.1, 0.15) is 18.5 Å². The molecule has 0 bridgehead atoms. The van der Waals surface area contributed by atoms with E-state index in [1.165, 1.54) is 0 Å². The number of rotatable bonds is 5. The lowest BCUT2D eigenvalue weighted by Crippen LogP contribution is -2.46. The molecule has 1 aliphatic rings. The third-order valence-electron chi connectivity index (χ3n) is 3.88. The summed E-state index contributed by atoms with van der Waals surface area (Å²) in [5.41, 5.74) is 1.89. The standard InChI is InChI=1S/C15H19N3O3S3/c1-24(20,21)17-12-2-5-18(6-3-12)14(19)8-13-10-23-15(16-13)11-4-7-22-9-11/h4,7,9-10,12,17H,2-3,5-6,8H2,1H3. The van der Waals surface area contributed by atoms with Crippen LogP contribution in [0.25, 0.3) is 10.6 Å². The number of carbonyl (C=O) groups excluding carboxylic acids is 1. The molecule has 1 saturated heterocycles. The molecule has 1 aliphatic heterocycles. The molecule has 0 atom stereocenters. The Bertz CT molecular complexity index is 791. The molecule has 3 rings (SSSR count). The Hall–Kier alpha value is -1.29. The van der Waals surface area contributed by atoms with Gasteiger partial charge in [0.2, 0.25) is 15.9 Å². The average molecular weight is 386 g/mol. The predicted octanol–water partition coefficient (Wildman–Crippen LogP) is 1.95. The van der Waals surface area contributed by atoms with Crippen molar-refractivity contribution in [1.29, 1.82) is 0 Å². The summed E-state index contributed by atoms with van der Waals surface area (Å²) in [5.74, 6) is 0.0509. The number of piperidine rings is 1. The molecular formula is C15H19N3O3S3. The zero-order valence-electron chi connectivity index (χ0n) is 13.3. The highest BCUT2D eigenvalue weighted by atomic mass is 32.2. The van der Waals surface area contributed by atoms with E-state index in [1.54, 1.807) is 27.6 Å². The highest BCUT2D eigenvalue weighted by Gasteiger charge is 2.25. The van der Waals surface area contributed by atoms with Gasteiger partial charge in [0.05, 0.1) is 18.4 Å². The van der Waals surface area contributed by atoms with Crippen molar-refractivity contribution >= 4 is 38.6 Å². The van der Waals surface area contributed by atoms with Gasteiger partial charge < -0.3 is 4.90 Å². The average Bonchev–Trinajstić information content (AvgIpc) is 3.16. The molecule has 0 radical (unpaired) electrons. The van der Waals surface area contributed by atoms with Crippen molar-refractivity contribution in [2.24, 2.45) is 0 Å². The largest absolute Gasteiger partial charge is 0.342 e. The predicted molar refractivity (Wildman–Crippen MR) is 96.7 cm³/mol. The second kappa shape index (κ2) is 7.30. The monoisotopic (exact) mass is 385 g/mol. The topological polar surface area (TPSA) is 79.4 Å². The minimum atomic E-state index is -3.19. The number of hydrogen-bond donors (Lipinski definition) is 1. The molecule has 3 heterocycles. The lowest BCUT2D eigenvalue weighted by Gasteiger charge is -2.31. The Balaban J connectivity index is 1.53. The van der Waals surface area contributed by atoms with Gasteiger partial charge in [0.1, 0.15) is 5.01 Å². The summed E-state index contributed by atoms with van der Waals surface area (Å²) in [6.45, 7) is 1.15. The second-order valence-electron chi connectivity index (χ2n) is 5.88. The third kappa shape index (κ3) is 4.62. The van der Waals surface area contributed by atoms with Gasteiger partial charge in [0.15, 0.2) is 0 Å². The fourth-order valence-electron chi connectivity index (χ4n) is 2.72. The maximum Gasteiger partial charge on any atom is 0.228 e. The quantitative estimate of drug-likeness (QED) is 0.853. The number of likely N-dealkylation sites (tertiary alicyclic amines) is 1. The Morgan fingerprint density at radius 3 is 2.75 bits per heavy atom. The minimum Gasteiger partial charge on any atom is -0.342 e. The molecule has 6 nitrogen and oxygen atoms in total.